The molecule has 0 saturated carbocycles. The maximum atomic E-state index is 12.3. The van der Waals surface area contributed by atoms with E-state index in [1.165, 1.54) is 0 Å². The van der Waals surface area contributed by atoms with Crippen molar-refractivity contribution in [1.29, 1.82) is 0 Å². The van der Waals surface area contributed by atoms with Crippen LogP contribution in [-0.4, -0.2) is 30.9 Å². The van der Waals surface area contributed by atoms with Crippen molar-refractivity contribution >= 4 is 5.97 Å². The molecule has 0 aliphatic carbocycles. The lowest BCUT2D eigenvalue weighted by Gasteiger charge is -2.11. The zero-order valence-electron chi connectivity index (χ0n) is 14.8. The van der Waals surface area contributed by atoms with Gasteiger partial charge in [0.15, 0.2) is 18.3 Å². The molecule has 7 nitrogen and oxygen atoms in total. The van der Waals surface area contributed by atoms with E-state index >= 15 is 0 Å². The first-order valence-corrected chi connectivity index (χ1v) is 8.03. The topological polar surface area (TPSA) is 85.7 Å². The number of ether oxygens (including phenoxy) is 1. The Kier molecular flexibility index (Phi) is 4.39. The number of nitrogens with zero attached hydrogens (tertiary/aromatic N) is 4. The SMILES string of the molecule is Cc1cnn(-c2cccc(C(=O)OCc3nc(C(C)(C)C)n[nH]3)c2)c1. The number of esters is 1. The lowest BCUT2D eigenvalue weighted by atomic mass is 9.96. The van der Waals surface area contributed by atoms with Crippen molar-refractivity contribution in [2.45, 2.75) is 39.7 Å². The van der Waals surface area contributed by atoms with Gasteiger partial charge in [0.1, 0.15) is 0 Å². The lowest BCUT2D eigenvalue weighted by Crippen LogP contribution is -2.13. The summed E-state index contributed by atoms with van der Waals surface area (Å²) in [5.41, 5.74) is 2.15. The molecule has 3 aromatic rings. The zero-order chi connectivity index (χ0) is 18.0. The molecule has 1 N–H and O–H groups in total. The van der Waals surface area contributed by atoms with Crippen LogP contribution >= 0.6 is 0 Å². The molecule has 0 bridgehead atoms. The first-order valence-electron chi connectivity index (χ1n) is 8.03. The van der Waals surface area contributed by atoms with Crippen LogP contribution in [0.15, 0.2) is 36.7 Å². The Morgan fingerprint density at radius 3 is 2.76 bits per heavy atom. The van der Waals surface area contributed by atoms with Crippen LogP contribution in [0, 0.1) is 6.92 Å². The van der Waals surface area contributed by atoms with E-state index in [0.717, 1.165) is 11.3 Å². The number of benzene rings is 1. The maximum Gasteiger partial charge on any atom is 0.338 e. The second-order valence-electron chi connectivity index (χ2n) is 6.94. The molecule has 2 heterocycles. The Bertz CT molecular complexity index is 889. The molecule has 0 unspecified atom stereocenters. The van der Waals surface area contributed by atoms with Gasteiger partial charge in [0, 0.05) is 11.6 Å². The Morgan fingerprint density at radius 2 is 2.12 bits per heavy atom. The smallest absolute Gasteiger partial charge is 0.338 e. The van der Waals surface area contributed by atoms with E-state index in [-0.39, 0.29) is 12.0 Å². The first-order chi connectivity index (χ1) is 11.8. The van der Waals surface area contributed by atoms with Crippen LogP contribution in [-0.2, 0) is 16.8 Å². The van der Waals surface area contributed by atoms with Crippen LogP contribution in [0.2, 0.25) is 0 Å². The van der Waals surface area contributed by atoms with E-state index in [2.05, 4.69) is 20.3 Å². The normalized spacial score (nSPS) is 11.5. The van der Waals surface area contributed by atoms with E-state index in [9.17, 15) is 4.79 Å². The molecule has 25 heavy (non-hydrogen) atoms. The predicted molar refractivity (Wildman–Crippen MR) is 92.5 cm³/mol. The Hall–Kier alpha value is -2.96. The van der Waals surface area contributed by atoms with E-state index in [0.29, 0.717) is 17.2 Å². The molecule has 7 heteroatoms. The standard InChI is InChI=1S/C18H21N5O2/c1-12-9-19-23(10-12)14-7-5-6-13(8-14)16(24)25-11-15-20-17(22-21-15)18(2,3)4/h5-10H,11H2,1-4H3,(H,20,21,22). The van der Waals surface area contributed by atoms with Crippen molar-refractivity contribution < 1.29 is 9.53 Å². The van der Waals surface area contributed by atoms with Crippen LogP contribution in [0.5, 0.6) is 0 Å². The molecular formula is C18H21N5O2. The molecule has 0 spiro atoms. The van der Waals surface area contributed by atoms with Gasteiger partial charge >= 0.3 is 5.97 Å². The Labute approximate surface area is 146 Å². The highest BCUT2D eigenvalue weighted by atomic mass is 16.5. The number of hydrogen-bond donors (Lipinski definition) is 1. The van der Waals surface area contributed by atoms with E-state index in [1.807, 2.05) is 40.0 Å². The maximum absolute atomic E-state index is 12.3. The van der Waals surface area contributed by atoms with Gasteiger partial charge in [-0.15, -0.1) is 0 Å². The number of aromatic nitrogens is 5. The van der Waals surface area contributed by atoms with Gasteiger partial charge in [-0.1, -0.05) is 26.8 Å². The molecule has 0 atom stereocenters. The van der Waals surface area contributed by atoms with Gasteiger partial charge < -0.3 is 4.74 Å². The minimum Gasteiger partial charge on any atom is -0.454 e. The third-order valence-corrected chi connectivity index (χ3v) is 3.60. The average Bonchev–Trinajstić information content (AvgIpc) is 3.21. The summed E-state index contributed by atoms with van der Waals surface area (Å²) in [5, 5.41) is 11.2. The van der Waals surface area contributed by atoms with Gasteiger partial charge in [-0.05, 0) is 30.7 Å². The van der Waals surface area contributed by atoms with Crippen LogP contribution < -0.4 is 0 Å². The highest BCUT2D eigenvalue weighted by Crippen LogP contribution is 2.18. The van der Waals surface area contributed by atoms with Gasteiger partial charge in [0.05, 0.1) is 17.4 Å². The lowest BCUT2D eigenvalue weighted by molar-refractivity contribution is 0.0462. The van der Waals surface area contributed by atoms with Gasteiger partial charge in [-0.3, -0.25) is 5.10 Å². The van der Waals surface area contributed by atoms with Crippen molar-refractivity contribution in [3.05, 3.63) is 59.4 Å². The molecule has 130 valence electrons. The Morgan fingerprint density at radius 1 is 1.32 bits per heavy atom. The highest BCUT2D eigenvalue weighted by Gasteiger charge is 2.19. The molecule has 2 aromatic heterocycles. The Balaban J connectivity index is 1.68. The molecular weight excluding hydrogens is 318 g/mol. The summed E-state index contributed by atoms with van der Waals surface area (Å²) >= 11 is 0. The second-order valence-corrected chi connectivity index (χ2v) is 6.94. The zero-order valence-corrected chi connectivity index (χ0v) is 14.8. The predicted octanol–water partition coefficient (Wildman–Crippen LogP) is 2.95. The number of nitrogens with one attached hydrogen (secondary N) is 1. The summed E-state index contributed by atoms with van der Waals surface area (Å²) in [6, 6.07) is 7.14. The summed E-state index contributed by atoms with van der Waals surface area (Å²) < 4.78 is 7.05. The number of carbonyl (C=O) groups is 1. The summed E-state index contributed by atoms with van der Waals surface area (Å²) in [7, 11) is 0. The first kappa shape index (κ1) is 16.9. The van der Waals surface area contributed by atoms with Crippen molar-refractivity contribution in [3.8, 4) is 5.69 Å². The van der Waals surface area contributed by atoms with Gasteiger partial charge in [0.2, 0.25) is 0 Å². The number of hydrogen-bond acceptors (Lipinski definition) is 5. The minimum atomic E-state index is -0.417. The summed E-state index contributed by atoms with van der Waals surface area (Å²) in [6.07, 6.45) is 3.66. The van der Waals surface area contributed by atoms with Crippen LogP contribution in [0.4, 0.5) is 0 Å². The average molecular weight is 339 g/mol. The van der Waals surface area contributed by atoms with Gasteiger partial charge in [0.25, 0.3) is 0 Å². The highest BCUT2D eigenvalue weighted by molar-refractivity contribution is 5.90. The van der Waals surface area contributed by atoms with Crippen molar-refractivity contribution in [1.82, 2.24) is 25.0 Å². The molecule has 0 fully saturated rings. The fraction of sp³-hybridized carbons (Fsp3) is 0.333. The number of aromatic amines is 1. The van der Waals surface area contributed by atoms with Gasteiger partial charge in [-0.2, -0.15) is 10.2 Å². The third-order valence-electron chi connectivity index (χ3n) is 3.60. The number of H-pyrrole nitrogens is 1. The molecule has 0 aliphatic rings. The van der Waals surface area contributed by atoms with Crippen LogP contribution in [0.3, 0.4) is 0 Å². The molecule has 0 saturated heterocycles. The largest absolute Gasteiger partial charge is 0.454 e. The number of aryl methyl sites for hydroxylation is 1. The molecule has 1 aromatic carbocycles. The number of carbonyl (C=O) groups excluding carboxylic acids is 1. The van der Waals surface area contributed by atoms with Crippen LogP contribution in [0.25, 0.3) is 5.69 Å². The summed E-state index contributed by atoms with van der Waals surface area (Å²) in [4.78, 5) is 16.7. The minimum absolute atomic E-state index is 0.0486. The summed E-state index contributed by atoms with van der Waals surface area (Å²) in [5.74, 6) is 0.797. The van der Waals surface area contributed by atoms with E-state index < -0.39 is 5.97 Å². The molecule has 0 amide bonds. The van der Waals surface area contributed by atoms with Crippen molar-refractivity contribution in [2.24, 2.45) is 0 Å². The summed E-state index contributed by atoms with van der Waals surface area (Å²) in [6.45, 7) is 8.08. The number of rotatable bonds is 4. The fourth-order valence-electron chi connectivity index (χ4n) is 2.24. The van der Waals surface area contributed by atoms with Crippen LogP contribution in [0.1, 0.15) is 48.3 Å². The molecule has 0 radical (unpaired) electrons. The second kappa shape index (κ2) is 6.51. The monoisotopic (exact) mass is 339 g/mol. The molecule has 0 aliphatic heterocycles. The fourth-order valence-corrected chi connectivity index (χ4v) is 2.24. The third kappa shape index (κ3) is 3.93. The molecule has 3 rings (SSSR count). The van der Waals surface area contributed by atoms with Crippen molar-refractivity contribution in [3.63, 3.8) is 0 Å². The van der Waals surface area contributed by atoms with E-state index in [4.69, 9.17) is 4.74 Å². The van der Waals surface area contributed by atoms with Gasteiger partial charge in [-0.25, -0.2) is 14.5 Å². The quantitative estimate of drug-likeness (QED) is 0.739. The van der Waals surface area contributed by atoms with Crippen molar-refractivity contribution in [2.75, 3.05) is 0 Å². The van der Waals surface area contributed by atoms with E-state index in [1.54, 1.807) is 29.1 Å².